The van der Waals surface area contributed by atoms with Crippen LogP contribution in [-0.4, -0.2) is 29.3 Å². The second kappa shape index (κ2) is 3.64. The van der Waals surface area contributed by atoms with E-state index in [1.165, 1.54) is 6.07 Å². The van der Waals surface area contributed by atoms with Gasteiger partial charge in [0.05, 0.1) is 11.4 Å². The number of carboxylic acid groups (broad SMARTS) is 1. The highest BCUT2D eigenvalue weighted by Crippen LogP contribution is 2.64. The second-order valence-corrected chi connectivity index (χ2v) is 5.90. The first-order valence-corrected chi connectivity index (χ1v) is 7.09. The molecule has 2 fully saturated rings. The molecule has 0 radical (unpaired) electrons. The van der Waals surface area contributed by atoms with Crippen molar-refractivity contribution in [3.05, 3.63) is 46.2 Å². The topological polar surface area (TPSA) is 66.4 Å². The van der Waals surface area contributed by atoms with E-state index in [4.69, 9.17) is 16.7 Å². The Hall–Kier alpha value is -1.81. The van der Waals surface area contributed by atoms with Crippen molar-refractivity contribution in [2.45, 2.75) is 11.8 Å². The van der Waals surface area contributed by atoms with Gasteiger partial charge in [0.1, 0.15) is 0 Å². The Morgan fingerprint density at radius 2 is 2.30 bits per heavy atom. The summed E-state index contributed by atoms with van der Waals surface area (Å²) < 4.78 is 0. The highest BCUT2D eigenvalue weighted by molar-refractivity contribution is 6.26. The number of nitrogens with one attached hydrogen (secondary N) is 1. The molecular formula is C15H12ClNO3. The Labute approximate surface area is 120 Å². The van der Waals surface area contributed by atoms with E-state index in [0.717, 1.165) is 24.2 Å². The molecule has 20 heavy (non-hydrogen) atoms. The number of halogens is 1. The van der Waals surface area contributed by atoms with Crippen LogP contribution in [0.2, 0.25) is 0 Å². The third-order valence-corrected chi connectivity index (χ3v) is 5.05. The number of hydrogen-bond donors (Lipinski definition) is 2. The third kappa shape index (κ3) is 1.23. The number of hydrogen-bond acceptors (Lipinski definition) is 3. The van der Waals surface area contributed by atoms with Crippen LogP contribution in [0.4, 0.5) is 0 Å². The minimum atomic E-state index is -0.964. The van der Waals surface area contributed by atoms with Gasteiger partial charge >= 0.3 is 5.97 Å². The standard InChI is InChI=1S/C15H12ClNO3/c16-5-10-12(18)9-2-1-7(14(19)20)3-11(9)15-4-8(15)6-17-13(10)15/h1-3,8,17H,4-6H2,(H,19,20). The molecule has 0 aromatic heterocycles. The van der Waals surface area contributed by atoms with Crippen molar-refractivity contribution in [1.82, 2.24) is 5.32 Å². The molecule has 1 aromatic rings. The molecule has 1 aromatic carbocycles. The summed E-state index contributed by atoms with van der Waals surface area (Å²) in [4.78, 5) is 23.7. The Kier molecular flexibility index (Phi) is 2.18. The number of carbonyl (C=O) groups excluding carboxylic acids is 1. The zero-order valence-electron chi connectivity index (χ0n) is 10.6. The first-order valence-electron chi connectivity index (χ1n) is 6.55. The maximum atomic E-state index is 12.5. The van der Waals surface area contributed by atoms with Crippen molar-refractivity contribution < 1.29 is 14.7 Å². The summed E-state index contributed by atoms with van der Waals surface area (Å²) in [5.41, 5.74) is 3.10. The van der Waals surface area contributed by atoms with Crippen LogP contribution in [0.5, 0.6) is 0 Å². The largest absolute Gasteiger partial charge is 0.478 e. The van der Waals surface area contributed by atoms with Gasteiger partial charge in [-0.25, -0.2) is 4.79 Å². The second-order valence-electron chi connectivity index (χ2n) is 5.64. The fraction of sp³-hybridized carbons (Fsp3) is 0.333. The van der Waals surface area contributed by atoms with Crippen LogP contribution in [-0.2, 0) is 5.41 Å². The van der Waals surface area contributed by atoms with Crippen molar-refractivity contribution in [1.29, 1.82) is 0 Å². The molecule has 3 aliphatic rings. The average molecular weight is 290 g/mol. The molecule has 2 aliphatic carbocycles. The van der Waals surface area contributed by atoms with Crippen molar-refractivity contribution in [2.24, 2.45) is 5.92 Å². The molecule has 2 N–H and O–H groups in total. The monoisotopic (exact) mass is 289 g/mol. The SMILES string of the molecule is O=C(O)c1ccc2c(c1)C13CC1CNC3=C(CCl)C2=O. The minimum absolute atomic E-state index is 0.0763. The number of ketones is 1. The van der Waals surface area contributed by atoms with E-state index in [-0.39, 0.29) is 22.6 Å². The number of carboxylic acids is 1. The smallest absolute Gasteiger partial charge is 0.335 e. The highest BCUT2D eigenvalue weighted by atomic mass is 35.5. The zero-order valence-corrected chi connectivity index (χ0v) is 11.3. The number of piperidine rings is 1. The van der Waals surface area contributed by atoms with E-state index in [0.29, 0.717) is 17.1 Å². The lowest BCUT2D eigenvalue weighted by molar-refractivity contribution is 0.0696. The number of benzene rings is 1. The molecule has 5 heteroatoms. The summed E-state index contributed by atoms with van der Waals surface area (Å²) in [6.07, 6.45) is 0.971. The fourth-order valence-electron chi connectivity index (χ4n) is 3.75. The average Bonchev–Trinajstić information content (AvgIpc) is 3.06. The summed E-state index contributed by atoms with van der Waals surface area (Å²) in [6.45, 7) is 0.833. The minimum Gasteiger partial charge on any atom is -0.478 e. The molecule has 1 spiro atoms. The van der Waals surface area contributed by atoms with Crippen LogP contribution < -0.4 is 5.32 Å². The van der Waals surface area contributed by atoms with E-state index in [2.05, 4.69) is 5.32 Å². The van der Waals surface area contributed by atoms with Gasteiger partial charge in [0, 0.05) is 28.8 Å². The maximum Gasteiger partial charge on any atom is 0.335 e. The van der Waals surface area contributed by atoms with E-state index < -0.39 is 5.97 Å². The molecule has 0 amide bonds. The van der Waals surface area contributed by atoms with Crippen LogP contribution in [0.3, 0.4) is 0 Å². The molecule has 0 bridgehead atoms. The van der Waals surface area contributed by atoms with Crippen LogP contribution in [0.25, 0.3) is 0 Å². The molecule has 4 rings (SSSR count). The molecule has 4 nitrogen and oxygen atoms in total. The van der Waals surface area contributed by atoms with E-state index in [1.807, 2.05) is 0 Å². The maximum absolute atomic E-state index is 12.5. The predicted molar refractivity (Wildman–Crippen MR) is 73.3 cm³/mol. The Morgan fingerprint density at radius 1 is 1.50 bits per heavy atom. The highest BCUT2D eigenvalue weighted by Gasteiger charge is 2.65. The third-order valence-electron chi connectivity index (χ3n) is 4.78. The fourth-order valence-corrected chi connectivity index (χ4v) is 4.01. The molecule has 1 saturated carbocycles. The van der Waals surface area contributed by atoms with Crippen molar-refractivity contribution in [3.8, 4) is 0 Å². The summed E-state index contributed by atoms with van der Waals surface area (Å²) in [7, 11) is 0. The molecule has 1 saturated heterocycles. The lowest BCUT2D eigenvalue weighted by atomic mass is 9.77. The summed E-state index contributed by atoms with van der Waals surface area (Å²) >= 11 is 5.96. The van der Waals surface area contributed by atoms with Gasteiger partial charge in [-0.1, -0.05) is 0 Å². The van der Waals surface area contributed by atoms with Gasteiger partial charge in [-0.2, -0.15) is 0 Å². The lowest BCUT2D eigenvalue weighted by Crippen LogP contribution is -2.30. The molecule has 2 atom stereocenters. The number of alkyl halides is 1. The number of aromatic carboxylic acids is 1. The number of allylic oxidation sites excluding steroid dienone is 2. The van der Waals surface area contributed by atoms with Gasteiger partial charge in [-0.3, -0.25) is 4.79 Å². The first kappa shape index (κ1) is 12.0. The van der Waals surface area contributed by atoms with Crippen molar-refractivity contribution in [3.63, 3.8) is 0 Å². The quantitative estimate of drug-likeness (QED) is 0.817. The number of carbonyl (C=O) groups is 2. The molecule has 1 heterocycles. The van der Waals surface area contributed by atoms with Crippen LogP contribution in [0.1, 0.15) is 32.7 Å². The van der Waals surface area contributed by atoms with Crippen LogP contribution in [0.15, 0.2) is 29.5 Å². The van der Waals surface area contributed by atoms with Gasteiger partial charge < -0.3 is 10.4 Å². The Morgan fingerprint density at radius 3 is 2.95 bits per heavy atom. The lowest BCUT2D eigenvalue weighted by Gasteiger charge is -2.27. The molecule has 1 aliphatic heterocycles. The van der Waals surface area contributed by atoms with Gasteiger partial charge in [0.15, 0.2) is 5.78 Å². The van der Waals surface area contributed by atoms with Gasteiger partial charge in [-0.05, 0) is 36.1 Å². The zero-order chi connectivity index (χ0) is 14.1. The Balaban J connectivity index is 1.99. The predicted octanol–water partition coefficient (Wildman–Crippen LogP) is 1.93. The number of rotatable bonds is 2. The van der Waals surface area contributed by atoms with Gasteiger partial charge in [0.2, 0.25) is 0 Å². The summed E-state index contributed by atoms with van der Waals surface area (Å²) in [6, 6.07) is 4.78. The van der Waals surface area contributed by atoms with Crippen molar-refractivity contribution >= 4 is 23.4 Å². The van der Waals surface area contributed by atoms with E-state index in [1.54, 1.807) is 12.1 Å². The first-order chi connectivity index (χ1) is 9.59. The normalized spacial score (nSPS) is 29.4. The van der Waals surface area contributed by atoms with Gasteiger partial charge in [-0.15, -0.1) is 11.6 Å². The van der Waals surface area contributed by atoms with Gasteiger partial charge in [0.25, 0.3) is 0 Å². The molecule has 2 unspecified atom stereocenters. The van der Waals surface area contributed by atoms with Crippen LogP contribution in [0, 0.1) is 5.92 Å². The molecular weight excluding hydrogens is 278 g/mol. The number of Topliss-reactive ketones (excluding diaryl/α,β-unsaturated/α-hetero) is 1. The van der Waals surface area contributed by atoms with Crippen LogP contribution >= 0.6 is 11.6 Å². The van der Waals surface area contributed by atoms with E-state index in [9.17, 15) is 9.59 Å². The Bertz CT molecular complexity index is 709. The summed E-state index contributed by atoms with van der Waals surface area (Å²) in [5.74, 6) is -0.400. The summed E-state index contributed by atoms with van der Waals surface area (Å²) in [5, 5.41) is 12.5. The number of fused-ring (bicyclic) bond motifs is 1. The molecule has 102 valence electrons. The van der Waals surface area contributed by atoms with Crippen molar-refractivity contribution in [2.75, 3.05) is 12.4 Å². The van der Waals surface area contributed by atoms with E-state index >= 15 is 0 Å².